The second-order valence-corrected chi connectivity index (χ2v) is 6.32. The van der Waals surface area contributed by atoms with Crippen LogP contribution in [-0.4, -0.2) is 21.8 Å². The van der Waals surface area contributed by atoms with E-state index in [1.54, 1.807) is 18.2 Å². The first kappa shape index (κ1) is 13.1. The summed E-state index contributed by atoms with van der Waals surface area (Å²) in [5.74, 6) is 1.26. The van der Waals surface area contributed by atoms with Crippen LogP contribution in [0.2, 0.25) is 0 Å². The van der Waals surface area contributed by atoms with Gasteiger partial charge in [-0.25, -0.2) is 0 Å². The third-order valence-corrected chi connectivity index (χ3v) is 4.97. The van der Waals surface area contributed by atoms with Crippen molar-refractivity contribution in [3.63, 3.8) is 0 Å². The summed E-state index contributed by atoms with van der Waals surface area (Å²) in [5, 5.41) is 9.14. The van der Waals surface area contributed by atoms with Crippen LogP contribution >= 0.6 is 0 Å². The van der Waals surface area contributed by atoms with Gasteiger partial charge >= 0.3 is 0 Å². The van der Waals surface area contributed by atoms with E-state index in [1.165, 1.54) is 12.8 Å². The lowest BCUT2D eigenvalue weighted by Gasteiger charge is -2.10. The second kappa shape index (κ2) is 6.55. The van der Waals surface area contributed by atoms with Crippen LogP contribution in [0.1, 0.15) is 31.2 Å². The predicted octanol–water partition coefficient (Wildman–Crippen LogP) is 2.63. The highest BCUT2D eigenvalue weighted by Gasteiger charge is 2.20. The molecular weight excluding hydrogens is 246 g/mol. The fourth-order valence-corrected chi connectivity index (χ4v) is 3.66. The minimum Gasteiger partial charge on any atom is -0.493 e. The van der Waals surface area contributed by atoms with E-state index in [9.17, 15) is 4.21 Å². The molecule has 18 heavy (non-hydrogen) atoms. The smallest absolute Gasteiger partial charge is 0.120 e. The highest BCUT2D eigenvalue weighted by Crippen LogP contribution is 2.23. The van der Waals surface area contributed by atoms with Crippen molar-refractivity contribution in [2.24, 2.45) is 0 Å². The van der Waals surface area contributed by atoms with Gasteiger partial charge in [0, 0.05) is 16.0 Å². The lowest BCUT2D eigenvalue weighted by atomic mass is 10.2. The first-order valence-corrected chi connectivity index (χ1v) is 7.68. The van der Waals surface area contributed by atoms with Crippen LogP contribution in [0.5, 0.6) is 5.75 Å². The molecule has 96 valence electrons. The summed E-state index contributed by atoms with van der Waals surface area (Å²) in [6.45, 7) is 0.456. The maximum atomic E-state index is 11.9. The Labute approximate surface area is 110 Å². The molecule has 1 aliphatic carbocycles. The summed E-state index contributed by atoms with van der Waals surface area (Å²) >= 11 is 0. The van der Waals surface area contributed by atoms with Gasteiger partial charge in [-0.2, -0.15) is 5.26 Å². The van der Waals surface area contributed by atoms with Gasteiger partial charge < -0.3 is 4.74 Å². The van der Waals surface area contributed by atoms with Gasteiger partial charge in [-0.1, -0.05) is 18.9 Å². The van der Waals surface area contributed by atoms with E-state index in [2.05, 4.69) is 6.07 Å². The van der Waals surface area contributed by atoms with Gasteiger partial charge in [0.2, 0.25) is 0 Å². The van der Waals surface area contributed by atoms with Crippen molar-refractivity contribution in [2.45, 2.75) is 30.9 Å². The number of ether oxygens (including phenoxy) is 1. The largest absolute Gasteiger partial charge is 0.493 e. The molecule has 1 aliphatic rings. The van der Waals surface area contributed by atoms with Crippen LogP contribution in [0.15, 0.2) is 24.3 Å². The topological polar surface area (TPSA) is 50.1 Å². The first-order chi connectivity index (χ1) is 8.79. The number of hydrogen-bond donors (Lipinski definition) is 0. The van der Waals surface area contributed by atoms with E-state index in [0.29, 0.717) is 28.9 Å². The molecule has 2 rings (SSSR count). The molecule has 4 heteroatoms. The van der Waals surface area contributed by atoms with E-state index >= 15 is 0 Å². The average Bonchev–Trinajstić information content (AvgIpc) is 2.93. The molecule has 1 fully saturated rings. The fraction of sp³-hybridized carbons (Fsp3) is 0.500. The summed E-state index contributed by atoms with van der Waals surface area (Å²) in [5.41, 5.74) is 0.587. The molecule has 0 amide bonds. The SMILES string of the molecule is N#Cc1cccc(OCCS(=O)C2CCCC2)c1. The zero-order chi connectivity index (χ0) is 12.8. The lowest BCUT2D eigenvalue weighted by Crippen LogP contribution is -2.18. The summed E-state index contributed by atoms with van der Waals surface area (Å²) in [6, 6.07) is 9.13. The average molecular weight is 263 g/mol. The predicted molar refractivity (Wildman–Crippen MR) is 71.9 cm³/mol. The van der Waals surface area contributed by atoms with E-state index in [0.717, 1.165) is 12.8 Å². The van der Waals surface area contributed by atoms with Gasteiger partial charge in [-0.3, -0.25) is 4.21 Å². The van der Waals surface area contributed by atoms with Crippen molar-refractivity contribution >= 4 is 10.8 Å². The molecule has 1 saturated carbocycles. The quantitative estimate of drug-likeness (QED) is 0.820. The fourth-order valence-electron chi connectivity index (χ4n) is 2.21. The van der Waals surface area contributed by atoms with Crippen molar-refractivity contribution in [2.75, 3.05) is 12.4 Å². The minimum absolute atomic E-state index is 0.374. The number of hydrogen-bond acceptors (Lipinski definition) is 3. The molecule has 1 unspecified atom stereocenters. The Morgan fingerprint density at radius 3 is 2.89 bits per heavy atom. The van der Waals surface area contributed by atoms with Crippen molar-refractivity contribution < 1.29 is 8.95 Å². The number of nitriles is 1. The van der Waals surface area contributed by atoms with Crippen LogP contribution in [-0.2, 0) is 10.8 Å². The van der Waals surface area contributed by atoms with E-state index in [-0.39, 0.29) is 0 Å². The summed E-state index contributed by atoms with van der Waals surface area (Å²) in [6.07, 6.45) is 4.61. The maximum Gasteiger partial charge on any atom is 0.120 e. The van der Waals surface area contributed by atoms with Crippen molar-refractivity contribution in [3.8, 4) is 11.8 Å². The standard InChI is InChI=1S/C14H17NO2S/c15-11-12-4-3-5-13(10-12)17-8-9-18(16)14-6-1-2-7-14/h3-5,10,14H,1-2,6-9H2. The number of rotatable bonds is 5. The van der Waals surface area contributed by atoms with Gasteiger partial charge in [-0.05, 0) is 31.0 Å². The van der Waals surface area contributed by atoms with E-state index in [1.807, 2.05) is 6.07 Å². The molecular formula is C14H17NO2S. The molecule has 0 saturated heterocycles. The van der Waals surface area contributed by atoms with Crippen LogP contribution < -0.4 is 4.74 Å². The minimum atomic E-state index is -0.766. The van der Waals surface area contributed by atoms with Crippen LogP contribution in [0, 0.1) is 11.3 Å². The van der Waals surface area contributed by atoms with Crippen LogP contribution in [0.4, 0.5) is 0 Å². The molecule has 0 bridgehead atoms. The highest BCUT2D eigenvalue weighted by atomic mass is 32.2. The monoisotopic (exact) mass is 263 g/mol. The van der Waals surface area contributed by atoms with Gasteiger partial charge in [-0.15, -0.1) is 0 Å². The molecule has 0 aromatic heterocycles. The molecule has 1 aromatic carbocycles. The Balaban J connectivity index is 1.77. The lowest BCUT2D eigenvalue weighted by molar-refractivity contribution is 0.342. The Morgan fingerprint density at radius 1 is 1.39 bits per heavy atom. The van der Waals surface area contributed by atoms with Crippen molar-refractivity contribution in [1.82, 2.24) is 0 Å². The maximum absolute atomic E-state index is 11.9. The van der Waals surface area contributed by atoms with Crippen molar-refractivity contribution in [1.29, 1.82) is 5.26 Å². The molecule has 0 heterocycles. The molecule has 1 aromatic rings. The molecule has 0 aliphatic heterocycles. The summed E-state index contributed by atoms with van der Waals surface area (Å²) < 4.78 is 17.5. The molecule has 1 atom stereocenters. The Hall–Kier alpha value is -1.34. The van der Waals surface area contributed by atoms with Crippen molar-refractivity contribution in [3.05, 3.63) is 29.8 Å². The third kappa shape index (κ3) is 3.58. The molecule has 0 N–H and O–H groups in total. The van der Waals surface area contributed by atoms with E-state index in [4.69, 9.17) is 10.00 Å². The number of nitrogens with zero attached hydrogens (tertiary/aromatic N) is 1. The van der Waals surface area contributed by atoms with Crippen LogP contribution in [0.25, 0.3) is 0 Å². The third-order valence-electron chi connectivity index (χ3n) is 3.19. The zero-order valence-electron chi connectivity index (χ0n) is 10.3. The van der Waals surface area contributed by atoms with Gasteiger partial charge in [0.25, 0.3) is 0 Å². The Bertz CT molecular complexity index is 461. The first-order valence-electron chi connectivity index (χ1n) is 6.30. The van der Waals surface area contributed by atoms with Gasteiger partial charge in [0.05, 0.1) is 24.0 Å². The molecule has 3 nitrogen and oxygen atoms in total. The van der Waals surface area contributed by atoms with Crippen LogP contribution in [0.3, 0.4) is 0 Å². The normalized spacial score (nSPS) is 17.3. The highest BCUT2D eigenvalue weighted by molar-refractivity contribution is 7.85. The number of benzene rings is 1. The van der Waals surface area contributed by atoms with Gasteiger partial charge in [0.15, 0.2) is 0 Å². The molecule has 0 radical (unpaired) electrons. The van der Waals surface area contributed by atoms with Gasteiger partial charge in [0.1, 0.15) is 5.75 Å². The summed E-state index contributed by atoms with van der Waals surface area (Å²) in [7, 11) is -0.766. The Kier molecular flexibility index (Phi) is 4.77. The second-order valence-electron chi connectivity index (χ2n) is 4.48. The zero-order valence-corrected chi connectivity index (χ0v) is 11.1. The molecule has 0 spiro atoms. The summed E-state index contributed by atoms with van der Waals surface area (Å²) in [4.78, 5) is 0. The van der Waals surface area contributed by atoms with E-state index < -0.39 is 10.8 Å². The Morgan fingerprint density at radius 2 is 2.17 bits per heavy atom.